The van der Waals surface area contributed by atoms with Gasteiger partial charge in [0, 0.05) is 34.0 Å². The van der Waals surface area contributed by atoms with Gasteiger partial charge < -0.3 is 10.6 Å². The molecule has 0 radical (unpaired) electrons. The molecule has 176 valence electrons. The van der Waals surface area contributed by atoms with Gasteiger partial charge in [-0.15, -0.1) is 11.8 Å². The number of nitrogens with one attached hydrogen (secondary N) is 2. The van der Waals surface area contributed by atoms with Gasteiger partial charge in [0.1, 0.15) is 6.33 Å². The van der Waals surface area contributed by atoms with Gasteiger partial charge in [-0.3, -0.25) is 9.48 Å². The number of nitrogens with zero attached hydrogens (tertiary/aromatic N) is 4. The molecule has 0 saturated heterocycles. The number of benzene rings is 2. The van der Waals surface area contributed by atoms with Crippen molar-refractivity contribution in [2.45, 2.75) is 38.0 Å². The highest BCUT2D eigenvalue weighted by Gasteiger charge is 2.12. The number of hydrogen-bond donors (Lipinski definition) is 2. The molecule has 34 heavy (non-hydrogen) atoms. The van der Waals surface area contributed by atoms with Gasteiger partial charge in [-0.05, 0) is 42.7 Å². The Hall–Kier alpha value is -3.30. The molecule has 0 aliphatic heterocycles. The molecular weight excluding hydrogens is 472 g/mol. The molecule has 2 aromatic heterocycles. The molecule has 0 unspecified atom stereocenters. The molecule has 0 aliphatic carbocycles. The smallest absolute Gasteiger partial charge is 0.307 e. The standard InChI is InChI=1S/C24H25ClN6O2S/c1-15(2)12-30-14-26-23-27-17(11-22(32)31(23)30)13-34-21-10-5-4-8-20(21)29-24(33)28-19-9-6-7-18(25)16(19)3/h4-11,14-15H,12-13H2,1-3H3,(H2,28,29,33). The Bertz CT molecular complexity index is 1400. The zero-order chi connectivity index (χ0) is 24.2. The average molecular weight is 497 g/mol. The van der Waals surface area contributed by atoms with Gasteiger partial charge in [0.25, 0.3) is 11.3 Å². The molecule has 8 nitrogen and oxygen atoms in total. The van der Waals surface area contributed by atoms with E-state index in [1.54, 1.807) is 29.2 Å². The molecule has 2 N–H and O–H groups in total. The van der Waals surface area contributed by atoms with Crippen LogP contribution in [-0.2, 0) is 12.3 Å². The highest BCUT2D eigenvalue weighted by Crippen LogP contribution is 2.30. The summed E-state index contributed by atoms with van der Waals surface area (Å²) in [4.78, 5) is 35.0. The highest BCUT2D eigenvalue weighted by atomic mass is 35.5. The number of hydrogen-bond acceptors (Lipinski definition) is 5. The largest absolute Gasteiger partial charge is 0.323 e. The van der Waals surface area contributed by atoms with E-state index in [4.69, 9.17) is 11.6 Å². The maximum Gasteiger partial charge on any atom is 0.323 e. The fraction of sp³-hybridized carbons (Fsp3) is 0.250. The molecule has 0 spiro atoms. The molecule has 0 bridgehead atoms. The zero-order valence-electron chi connectivity index (χ0n) is 19.1. The number of halogens is 1. The monoisotopic (exact) mass is 496 g/mol. The van der Waals surface area contributed by atoms with Crippen LogP contribution in [-0.4, -0.2) is 25.2 Å². The molecular formula is C24H25ClN6O2S. The van der Waals surface area contributed by atoms with Gasteiger partial charge in [0.05, 0.1) is 11.4 Å². The highest BCUT2D eigenvalue weighted by molar-refractivity contribution is 7.98. The summed E-state index contributed by atoms with van der Waals surface area (Å²) in [5.74, 6) is 1.21. The Kier molecular flexibility index (Phi) is 7.23. The van der Waals surface area contributed by atoms with Crippen molar-refractivity contribution >= 4 is 46.5 Å². The number of anilines is 2. The number of para-hydroxylation sites is 1. The maximum atomic E-state index is 12.7. The first kappa shape index (κ1) is 23.8. The molecule has 10 heteroatoms. The van der Waals surface area contributed by atoms with Crippen molar-refractivity contribution in [1.82, 2.24) is 19.2 Å². The van der Waals surface area contributed by atoms with Crippen LogP contribution in [0.4, 0.5) is 16.2 Å². The number of aromatic nitrogens is 4. The van der Waals surface area contributed by atoms with Crippen LogP contribution in [0, 0.1) is 12.8 Å². The van der Waals surface area contributed by atoms with Crippen LogP contribution in [0.15, 0.2) is 64.5 Å². The summed E-state index contributed by atoms with van der Waals surface area (Å²) in [7, 11) is 0. The Morgan fingerprint density at radius 1 is 1.12 bits per heavy atom. The van der Waals surface area contributed by atoms with E-state index in [1.807, 2.05) is 31.2 Å². The Morgan fingerprint density at radius 3 is 2.65 bits per heavy atom. The Labute approximate surface area is 206 Å². The molecule has 0 atom stereocenters. The second-order valence-electron chi connectivity index (χ2n) is 8.23. The third-order valence-corrected chi connectivity index (χ3v) is 6.59. The Balaban J connectivity index is 1.47. The van der Waals surface area contributed by atoms with Gasteiger partial charge in [-0.1, -0.05) is 43.6 Å². The van der Waals surface area contributed by atoms with Crippen LogP contribution in [0.25, 0.3) is 5.78 Å². The lowest BCUT2D eigenvalue weighted by Gasteiger charge is -2.13. The van der Waals surface area contributed by atoms with E-state index in [1.165, 1.54) is 22.3 Å². The quantitative estimate of drug-likeness (QED) is 0.332. The lowest BCUT2D eigenvalue weighted by Crippen LogP contribution is -2.22. The van der Waals surface area contributed by atoms with Crippen LogP contribution in [0.2, 0.25) is 5.02 Å². The fourth-order valence-corrected chi connectivity index (χ4v) is 4.52. The molecule has 0 aliphatic rings. The molecule has 4 aromatic rings. The van der Waals surface area contributed by atoms with E-state index in [2.05, 4.69) is 34.4 Å². The minimum atomic E-state index is -0.369. The summed E-state index contributed by atoms with van der Waals surface area (Å²) < 4.78 is 3.28. The average Bonchev–Trinajstić information content (AvgIpc) is 3.19. The van der Waals surface area contributed by atoms with Crippen LogP contribution >= 0.6 is 23.4 Å². The summed E-state index contributed by atoms with van der Waals surface area (Å²) in [6.45, 7) is 6.69. The van der Waals surface area contributed by atoms with E-state index < -0.39 is 0 Å². The van der Waals surface area contributed by atoms with E-state index in [9.17, 15) is 9.59 Å². The second-order valence-corrected chi connectivity index (χ2v) is 9.66. The van der Waals surface area contributed by atoms with Gasteiger partial charge in [-0.25, -0.2) is 9.78 Å². The summed E-state index contributed by atoms with van der Waals surface area (Å²) in [6.07, 6.45) is 1.64. The van der Waals surface area contributed by atoms with Crippen molar-refractivity contribution in [3.8, 4) is 0 Å². The summed E-state index contributed by atoms with van der Waals surface area (Å²) >= 11 is 7.62. The first-order chi connectivity index (χ1) is 16.3. The van der Waals surface area contributed by atoms with Crippen molar-refractivity contribution in [3.63, 3.8) is 0 Å². The summed E-state index contributed by atoms with van der Waals surface area (Å²) in [5, 5.41) is 6.31. The lowest BCUT2D eigenvalue weighted by atomic mass is 10.2. The number of carbonyl (C=O) groups is 1. The first-order valence-electron chi connectivity index (χ1n) is 10.8. The van der Waals surface area contributed by atoms with Gasteiger partial charge >= 0.3 is 6.03 Å². The zero-order valence-corrected chi connectivity index (χ0v) is 20.7. The van der Waals surface area contributed by atoms with Crippen molar-refractivity contribution < 1.29 is 4.79 Å². The van der Waals surface area contributed by atoms with Crippen molar-refractivity contribution in [3.05, 3.63) is 81.5 Å². The Morgan fingerprint density at radius 2 is 1.85 bits per heavy atom. The normalized spacial score (nSPS) is 11.2. The van der Waals surface area contributed by atoms with E-state index in [0.29, 0.717) is 46.1 Å². The number of urea groups is 1. The third-order valence-electron chi connectivity index (χ3n) is 5.07. The van der Waals surface area contributed by atoms with Gasteiger partial charge in [0.15, 0.2) is 0 Å². The summed E-state index contributed by atoms with van der Waals surface area (Å²) in [5.41, 5.74) is 2.55. The lowest BCUT2D eigenvalue weighted by molar-refractivity contribution is 0.262. The van der Waals surface area contributed by atoms with Crippen LogP contribution < -0.4 is 16.2 Å². The molecule has 2 aromatic carbocycles. The molecule has 4 rings (SSSR count). The topological polar surface area (TPSA) is 93.3 Å². The number of fused-ring (bicyclic) bond motifs is 1. The van der Waals surface area contributed by atoms with Crippen LogP contribution in [0.1, 0.15) is 25.1 Å². The molecule has 2 heterocycles. The second kappa shape index (κ2) is 10.3. The minimum absolute atomic E-state index is 0.165. The van der Waals surface area contributed by atoms with Gasteiger partial charge in [-0.2, -0.15) is 9.50 Å². The molecule has 0 fully saturated rings. The summed E-state index contributed by atoms with van der Waals surface area (Å²) in [6, 6.07) is 14.0. The number of carbonyl (C=O) groups excluding carboxylic acids is 1. The predicted octanol–water partition coefficient (Wildman–Crippen LogP) is 5.45. The predicted molar refractivity (Wildman–Crippen MR) is 137 cm³/mol. The van der Waals surface area contributed by atoms with Crippen molar-refractivity contribution in [2.75, 3.05) is 10.6 Å². The van der Waals surface area contributed by atoms with Gasteiger partial charge in [0.2, 0.25) is 0 Å². The first-order valence-corrected chi connectivity index (χ1v) is 12.2. The van der Waals surface area contributed by atoms with E-state index in [-0.39, 0.29) is 11.6 Å². The van der Waals surface area contributed by atoms with Crippen LogP contribution in [0.3, 0.4) is 0 Å². The number of amides is 2. The molecule has 2 amide bonds. The minimum Gasteiger partial charge on any atom is -0.307 e. The molecule has 0 saturated carbocycles. The van der Waals surface area contributed by atoms with Crippen LogP contribution in [0.5, 0.6) is 0 Å². The third kappa shape index (κ3) is 5.43. The number of rotatable bonds is 7. The SMILES string of the molecule is Cc1c(Cl)cccc1NC(=O)Nc1ccccc1SCc1cc(=O)n2c(ncn2CC(C)C)n1. The van der Waals surface area contributed by atoms with E-state index >= 15 is 0 Å². The van der Waals surface area contributed by atoms with E-state index in [0.717, 1.165) is 10.5 Å². The fourth-order valence-electron chi connectivity index (χ4n) is 3.45. The van der Waals surface area contributed by atoms with Crippen molar-refractivity contribution in [2.24, 2.45) is 5.92 Å². The number of thioether (sulfide) groups is 1. The maximum absolute atomic E-state index is 12.7. The van der Waals surface area contributed by atoms with Crippen molar-refractivity contribution in [1.29, 1.82) is 0 Å².